The molecule has 0 radical (unpaired) electrons. The summed E-state index contributed by atoms with van der Waals surface area (Å²) in [4.78, 5) is 33.0. The molecule has 0 spiro atoms. The van der Waals surface area contributed by atoms with Crippen molar-refractivity contribution in [1.82, 2.24) is 10.2 Å². The molecule has 6 bridgehead atoms. The van der Waals surface area contributed by atoms with Crippen LogP contribution in [0.15, 0.2) is 47.5 Å². The first-order valence-electron chi connectivity index (χ1n) is 13.0. The molecule has 2 amide bonds. The number of benzene rings is 2. The van der Waals surface area contributed by atoms with Crippen LogP contribution in [0.25, 0.3) is 6.08 Å². The molecule has 4 heterocycles. The number of rotatable bonds is 1. The Hall–Kier alpha value is -3.61. The zero-order valence-electron chi connectivity index (χ0n) is 20.6. The van der Waals surface area contributed by atoms with Gasteiger partial charge in [-0.25, -0.2) is 4.99 Å². The molecule has 36 heavy (non-hydrogen) atoms. The van der Waals surface area contributed by atoms with Crippen LogP contribution in [0.5, 0.6) is 5.75 Å². The summed E-state index contributed by atoms with van der Waals surface area (Å²) in [6.07, 6.45) is 8.73. The highest BCUT2D eigenvalue weighted by Gasteiger charge is 2.37. The van der Waals surface area contributed by atoms with Crippen molar-refractivity contribution in [3.05, 3.63) is 70.3 Å². The third-order valence-corrected chi connectivity index (χ3v) is 8.05. The molecule has 4 atom stereocenters. The second kappa shape index (κ2) is 9.12. The fraction of sp³-hybridized carbons (Fsp3) is 0.414. The molecule has 186 valence electrons. The molecular formula is C29H32N4O3. The van der Waals surface area contributed by atoms with Crippen LogP contribution >= 0.6 is 0 Å². The predicted molar refractivity (Wildman–Crippen MR) is 139 cm³/mol. The zero-order valence-corrected chi connectivity index (χ0v) is 20.6. The quantitative estimate of drug-likeness (QED) is 0.618. The number of hydrogen-bond acceptors (Lipinski definition) is 5. The summed E-state index contributed by atoms with van der Waals surface area (Å²) in [5, 5.41) is 3.29. The van der Waals surface area contributed by atoms with E-state index in [-0.39, 0.29) is 35.9 Å². The first kappa shape index (κ1) is 22.8. The number of amides is 2. The lowest BCUT2D eigenvalue weighted by molar-refractivity contribution is -0.130. The van der Waals surface area contributed by atoms with Crippen LogP contribution in [-0.2, 0) is 4.79 Å². The average molecular weight is 485 g/mol. The number of allylic oxidation sites excluding steroid dienone is 1. The van der Waals surface area contributed by atoms with Gasteiger partial charge in [0.1, 0.15) is 5.75 Å². The molecule has 7 rings (SSSR count). The summed E-state index contributed by atoms with van der Waals surface area (Å²) in [5.74, 6) is 1.23. The molecule has 0 saturated heterocycles. The smallest absolute Gasteiger partial charge is 0.251 e. The van der Waals surface area contributed by atoms with Crippen molar-refractivity contribution >= 4 is 23.8 Å². The van der Waals surface area contributed by atoms with Crippen LogP contribution in [-0.4, -0.2) is 35.3 Å². The standard InChI is InChI=1S/C29H32N4O3/c1-2-18-15-24-22-13-17(7-9-21(18)22)5-3-4-6-20-16-27(34)33(29(30)31-20)25-11-12-36-26-10-8-19(14-23(25)26)28(35)32-24/h3,5,7-10,13-14,18,20,24-25H,2,4,6,11-12,15-16H2,1H3,(H2,30,31)(H,32,35)/b5-3-/t18?,20?,24?,25-/m1/s1. The highest BCUT2D eigenvalue weighted by Crippen LogP contribution is 2.43. The number of carbonyl (C=O) groups excluding carboxylic acids is 2. The minimum absolute atomic E-state index is 0.0258. The lowest BCUT2D eigenvalue weighted by Gasteiger charge is -2.38. The SMILES string of the molecule is CCC1CC2NC(=O)c3ccc4c(c3)[C@@H](CCO4)N3C(=O)CC(CC/C=C\c4ccc1c2c4)N=C3N. The number of nitrogens with zero attached hydrogens (tertiary/aromatic N) is 2. The van der Waals surface area contributed by atoms with E-state index in [0.717, 1.165) is 36.8 Å². The molecule has 0 saturated carbocycles. The zero-order chi connectivity index (χ0) is 24.8. The molecule has 0 aromatic heterocycles. The number of nitrogens with two attached hydrogens (primary N) is 1. The van der Waals surface area contributed by atoms with Crippen LogP contribution in [0, 0.1) is 0 Å². The van der Waals surface area contributed by atoms with Gasteiger partial charge in [-0.05, 0) is 72.6 Å². The summed E-state index contributed by atoms with van der Waals surface area (Å²) in [5.41, 5.74) is 11.4. The topological polar surface area (TPSA) is 97.0 Å². The summed E-state index contributed by atoms with van der Waals surface area (Å²) >= 11 is 0. The molecule has 2 aromatic carbocycles. The number of carbonyl (C=O) groups is 2. The molecule has 5 aliphatic rings. The van der Waals surface area contributed by atoms with Gasteiger partial charge in [0, 0.05) is 24.0 Å². The van der Waals surface area contributed by atoms with Gasteiger partial charge in [0.25, 0.3) is 5.91 Å². The second-order valence-electron chi connectivity index (χ2n) is 10.2. The van der Waals surface area contributed by atoms with E-state index < -0.39 is 0 Å². The maximum Gasteiger partial charge on any atom is 0.251 e. The minimum atomic E-state index is -0.295. The lowest BCUT2D eigenvalue weighted by atomic mass is 9.94. The van der Waals surface area contributed by atoms with Crippen molar-refractivity contribution in [1.29, 1.82) is 0 Å². The number of guanidine groups is 1. The normalized spacial score (nSPS) is 28.0. The summed E-state index contributed by atoms with van der Waals surface area (Å²) in [7, 11) is 0. The highest BCUT2D eigenvalue weighted by molar-refractivity contribution is 5.99. The van der Waals surface area contributed by atoms with Crippen molar-refractivity contribution in [2.75, 3.05) is 6.61 Å². The van der Waals surface area contributed by atoms with Crippen LogP contribution in [0.2, 0.25) is 0 Å². The number of ether oxygens (including phenoxy) is 1. The fourth-order valence-corrected chi connectivity index (χ4v) is 6.19. The van der Waals surface area contributed by atoms with Gasteiger partial charge in [-0.2, -0.15) is 0 Å². The van der Waals surface area contributed by atoms with Gasteiger partial charge >= 0.3 is 0 Å². The Balaban J connectivity index is 1.43. The van der Waals surface area contributed by atoms with Gasteiger partial charge in [-0.1, -0.05) is 31.2 Å². The third-order valence-electron chi connectivity index (χ3n) is 8.05. The van der Waals surface area contributed by atoms with E-state index in [0.29, 0.717) is 36.7 Å². The Kier molecular flexibility index (Phi) is 5.78. The lowest BCUT2D eigenvalue weighted by Crippen LogP contribution is -2.50. The Morgan fingerprint density at radius 1 is 1.11 bits per heavy atom. The molecule has 7 nitrogen and oxygen atoms in total. The van der Waals surface area contributed by atoms with Crippen LogP contribution in [0.3, 0.4) is 0 Å². The first-order valence-corrected chi connectivity index (χ1v) is 13.0. The van der Waals surface area contributed by atoms with Gasteiger partial charge in [-0.3, -0.25) is 14.5 Å². The first-order chi connectivity index (χ1) is 17.5. The van der Waals surface area contributed by atoms with Crippen molar-refractivity contribution < 1.29 is 14.3 Å². The Labute approximate surface area is 211 Å². The highest BCUT2D eigenvalue weighted by atomic mass is 16.5. The van der Waals surface area contributed by atoms with Crippen LogP contribution in [0.4, 0.5) is 0 Å². The van der Waals surface area contributed by atoms with E-state index in [1.54, 1.807) is 11.0 Å². The van der Waals surface area contributed by atoms with E-state index in [2.05, 4.69) is 47.6 Å². The second-order valence-corrected chi connectivity index (χ2v) is 10.2. The molecule has 1 aliphatic carbocycles. The van der Waals surface area contributed by atoms with Crippen LogP contribution < -0.4 is 15.8 Å². The van der Waals surface area contributed by atoms with Crippen molar-refractivity contribution in [3.63, 3.8) is 0 Å². The van der Waals surface area contributed by atoms with Crippen molar-refractivity contribution in [2.45, 2.75) is 69.5 Å². The van der Waals surface area contributed by atoms with E-state index in [1.807, 2.05) is 12.1 Å². The number of fused-ring (bicyclic) bond motifs is 4. The Bertz CT molecular complexity index is 1280. The average Bonchev–Trinajstić information content (AvgIpc) is 3.22. The van der Waals surface area contributed by atoms with Gasteiger partial charge < -0.3 is 15.8 Å². The largest absolute Gasteiger partial charge is 0.493 e. The van der Waals surface area contributed by atoms with E-state index in [9.17, 15) is 9.59 Å². The molecule has 4 aliphatic heterocycles. The monoisotopic (exact) mass is 484 g/mol. The predicted octanol–water partition coefficient (Wildman–Crippen LogP) is 4.60. The Morgan fingerprint density at radius 2 is 2.00 bits per heavy atom. The maximum atomic E-state index is 13.5. The van der Waals surface area contributed by atoms with Crippen LogP contribution in [0.1, 0.15) is 96.1 Å². The molecule has 7 heteroatoms. The maximum absolute atomic E-state index is 13.5. The molecule has 2 aromatic rings. The van der Waals surface area contributed by atoms with E-state index in [4.69, 9.17) is 10.5 Å². The van der Waals surface area contributed by atoms with Gasteiger partial charge in [0.15, 0.2) is 5.96 Å². The molecule has 3 N–H and O–H groups in total. The molecular weight excluding hydrogens is 452 g/mol. The third kappa shape index (κ3) is 3.96. The summed E-state index contributed by atoms with van der Waals surface area (Å²) in [6.45, 7) is 2.68. The van der Waals surface area contributed by atoms with Gasteiger partial charge in [-0.15, -0.1) is 0 Å². The molecule has 0 fully saturated rings. The van der Waals surface area contributed by atoms with Crippen molar-refractivity contribution in [2.24, 2.45) is 10.7 Å². The number of hydrogen-bond donors (Lipinski definition) is 2. The van der Waals surface area contributed by atoms with E-state index in [1.165, 1.54) is 11.1 Å². The number of aliphatic imine (C=N–C) groups is 1. The van der Waals surface area contributed by atoms with Gasteiger partial charge in [0.2, 0.25) is 5.91 Å². The number of nitrogens with one attached hydrogen (secondary N) is 1. The summed E-state index contributed by atoms with van der Waals surface area (Å²) < 4.78 is 5.88. The Morgan fingerprint density at radius 3 is 2.83 bits per heavy atom. The van der Waals surface area contributed by atoms with E-state index >= 15 is 0 Å². The fourth-order valence-electron chi connectivity index (χ4n) is 6.19. The van der Waals surface area contributed by atoms with Gasteiger partial charge in [0.05, 0.1) is 24.7 Å². The molecule has 3 unspecified atom stereocenters. The minimum Gasteiger partial charge on any atom is -0.493 e. The van der Waals surface area contributed by atoms with Crippen molar-refractivity contribution in [3.8, 4) is 5.75 Å². The summed E-state index contributed by atoms with van der Waals surface area (Å²) in [6, 6.07) is 11.6.